The molecule has 7 nitrogen and oxygen atoms in total. The van der Waals surface area contributed by atoms with Gasteiger partial charge in [-0.2, -0.15) is 0 Å². The average Bonchev–Trinajstić information content (AvgIpc) is 2.84. The van der Waals surface area contributed by atoms with E-state index >= 15 is 0 Å². The first-order valence-corrected chi connectivity index (χ1v) is 12.1. The molecular formula is C19H31NO6S. The topological polar surface area (TPSA) is 74.3 Å². The highest BCUT2D eigenvalue weighted by atomic mass is 32.2. The molecule has 0 aromatic heterocycles. The van der Waals surface area contributed by atoms with Crippen molar-refractivity contribution in [2.75, 3.05) is 31.2 Å². The zero-order valence-electron chi connectivity index (χ0n) is 16.4. The second kappa shape index (κ2) is 6.12. The van der Waals surface area contributed by atoms with Gasteiger partial charge in [-0.05, 0) is 32.1 Å². The van der Waals surface area contributed by atoms with E-state index in [2.05, 4.69) is 25.7 Å². The standard InChI is InChI=1S/C19H31NO6S/c1-12-4-5-14-13(2)16(20-6-8-27(21,22)9-7-20)24-17-19(14)15(12)10-18(3,11-23-17)25-26-19/h12-17H,4-11H2,1-3H3/t12-,13-,14+,15+,16-,17+,18-,19-/m1/s1. The van der Waals surface area contributed by atoms with Crippen LogP contribution in [0.15, 0.2) is 0 Å². The van der Waals surface area contributed by atoms with Gasteiger partial charge in [0, 0.05) is 30.8 Å². The van der Waals surface area contributed by atoms with E-state index in [0.29, 0.717) is 31.5 Å². The van der Waals surface area contributed by atoms with Crippen molar-refractivity contribution in [3.63, 3.8) is 0 Å². The maximum absolute atomic E-state index is 11.9. The lowest BCUT2D eigenvalue weighted by molar-refractivity contribution is -0.491. The molecule has 8 atom stereocenters. The number of ether oxygens (including phenoxy) is 2. The highest BCUT2D eigenvalue weighted by molar-refractivity contribution is 7.91. The number of nitrogens with zero attached hydrogens (tertiary/aromatic N) is 1. The number of fused-ring (bicyclic) bond motifs is 2. The summed E-state index contributed by atoms with van der Waals surface area (Å²) in [6, 6.07) is 0. The highest BCUT2D eigenvalue weighted by Gasteiger charge is 2.69. The lowest BCUT2D eigenvalue weighted by atomic mass is 9.57. The summed E-state index contributed by atoms with van der Waals surface area (Å²) in [4.78, 5) is 14.3. The van der Waals surface area contributed by atoms with Gasteiger partial charge in [0.2, 0.25) is 0 Å². The predicted octanol–water partition coefficient (Wildman–Crippen LogP) is 1.58. The van der Waals surface area contributed by atoms with E-state index in [4.69, 9.17) is 19.2 Å². The summed E-state index contributed by atoms with van der Waals surface area (Å²) in [5, 5.41) is 0. The first-order chi connectivity index (χ1) is 12.7. The van der Waals surface area contributed by atoms with Gasteiger partial charge < -0.3 is 9.47 Å². The van der Waals surface area contributed by atoms with Crippen LogP contribution in [-0.2, 0) is 29.1 Å². The molecule has 0 radical (unpaired) electrons. The van der Waals surface area contributed by atoms with Crippen molar-refractivity contribution in [3.8, 4) is 0 Å². The van der Waals surface area contributed by atoms with Crippen molar-refractivity contribution in [1.29, 1.82) is 0 Å². The molecule has 27 heavy (non-hydrogen) atoms. The minimum atomic E-state index is -2.92. The van der Waals surface area contributed by atoms with Gasteiger partial charge in [-0.1, -0.05) is 13.8 Å². The number of rotatable bonds is 1. The Bertz CT molecular complexity index is 701. The normalized spacial score (nSPS) is 54.9. The van der Waals surface area contributed by atoms with Crippen LogP contribution in [0.5, 0.6) is 0 Å². The van der Waals surface area contributed by atoms with E-state index in [9.17, 15) is 8.42 Å². The second-order valence-electron chi connectivity index (χ2n) is 9.66. The Morgan fingerprint density at radius 3 is 2.52 bits per heavy atom. The van der Waals surface area contributed by atoms with Crippen LogP contribution in [-0.4, -0.2) is 68.2 Å². The Balaban J connectivity index is 1.48. The molecule has 1 spiro atoms. The summed E-state index contributed by atoms with van der Waals surface area (Å²) in [6.45, 7) is 8.11. The van der Waals surface area contributed by atoms with Crippen LogP contribution < -0.4 is 0 Å². The number of hydrogen-bond donors (Lipinski definition) is 0. The van der Waals surface area contributed by atoms with Gasteiger partial charge in [-0.3, -0.25) is 4.90 Å². The Morgan fingerprint density at radius 2 is 1.78 bits per heavy atom. The Morgan fingerprint density at radius 1 is 1.04 bits per heavy atom. The zero-order valence-corrected chi connectivity index (χ0v) is 17.2. The maximum atomic E-state index is 11.9. The molecule has 6 aliphatic rings. The Kier molecular flexibility index (Phi) is 4.25. The van der Waals surface area contributed by atoms with Crippen LogP contribution in [0.25, 0.3) is 0 Å². The van der Waals surface area contributed by atoms with Crippen LogP contribution in [0.4, 0.5) is 0 Å². The third-order valence-electron chi connectivity index (χ3n) is 7.81. The first-order valence-electron chi connectivity index (χ1n) is 10.3. The number of hydrogen-bond acceptors (Lipinski definition) is 7. The summed E-state index contributed by atoms with van der Waals surface area (Å²) < 4.78 is 36.5. The minimum absolute atomic E-state index is 0.135. The van der Waals surface area contributed by atoms with Crippen molar-refractivity contribution in [2.45, 2.75) is 63.8 Å². The van der Waals surface area contributed by atoms with Gasteiger partial charge >= 0.3 is 0 Å². The molecule has 0 aromatic carbocycles. The summed E-state index contributed by atoms with van der Waals surface area (Å²) in [5.41, 5.74) is -0.976. The van der Waals surface area contributed by atoms with Gasteiger partial charge in [0.15, 0.2) is 21.7 Å². The lowest BCUT2D eigenvalue weighted by Crippen LogP contribution is -2.71. The van der Waals surface area contributed by atoms with Gasteiger partial charge in [-0.15, -0.1) is 0 Å². The third-order valence-corrected chi connectivity index (χ3v) is 9.42. The van der Waals surface area contributed by atoms with Crippen molar-refractivity contribution in [2.24, 2.45) is 23.7 Å². The molecule has 5 heterocycles. The summed E-state index contributed by atoms with van der Waals surface area (Å²) >= 11 is 0. The monoisotopic (exact) mass is 401 g/mol. The molecule has 6 rings (SSSR count). The molecule has 5 aliphatic heterocycles. The maximum Gasteiger partial charge on any atom is 0.192 e. The van der Waals surface area contributed by atoms with Crippen LogP contribution in [0.3, 0.4) is 0 Å². The van der Waals surface area contributed by atoms with Crippen molar-refractivity contribution in [3.05, 3.63) is 0 Å². The molecule has 1 saturated carbocycles. The quantitative estimate of drug-likeness (QED) is 0.618. The molecule has 6 fully saturated rings. The second-order valence-corrected chi connectivity index (χ2v) is 12.0. The van der Waals surface area contributed by atoms with Crippen LogP contribution >= 0.6 is 0 Å². The molecule has 5 saturated heterocycles. The zero-order chi connectivity index (χ0) is 19.0. The Labute approximate surface area is 161 Å². The fraction of sp³-hybridized carbons (Fsp3) is 1.00. The third kappa shape index (κ3) is 2.74. The number of sulfone groups is 1. The van der Waals surface area contributed by atoms with Gasteiger partial charge in [0.05, 0.1) is 18.1 Å². The Hall–Kier alpha value is -0.250. The molecule has 0 aromatic rings. The van der Waals surface area contributed by atoms with Crippen LogP contribution in [0.2, 0.25) is 0 Å². The average molecular weight is 402 g/mol. The molecular weight excluding hydrogens is 370 g/mol. The molecule has 0 amide bonds. The SMILES string of the molecule is C[C@H]1[C@H](N2CCS(=O)(=O)CC2)O[C@@H]2OC[C@@]3(C)C[C@H]4[C@H](C)CC[C@@H]1[C@]24OO3. The van der Waals surface area contributed by atoms with Crippen molar-refractivity contribution < 1.29 is 27.7 Å². The molecule has 2 bridgehead atoms. The van der Waals surface area contributed by atoms with E-state index in [1.54, 1.807) is 0 Å². The summed E-state index contributed by atoms with van der Waals surface area (Å²) in [7, 11) is -2.92. The molecule has 154 valence electrons. The highest BCUT2D eigenvalue weighted by Crippen LogP contribution is 2.60. The molecule has 0 N–H and O–H groups in total. The van der Waals surface area contributed by atoms with E-state index in [1.165, 1.54) is 6.42 Å². The smallest absolute Gasteiger partial charge is 0.192 e. The first kappa shape index (κ1) is 18.8. The van der Waals surface area contributed by atoms with E-state index in [0.717, 1.165) is 12.8 Å². The van der Waals surface area contributed by atoms with Gasteiger partial charge in [0.25, 0.3) is 0 Å². The fourth-order valence-corrected chi connectivity index (χ4v) is 7.50. The summed E-state index contributed by atoms with van der Waals surface area (Å²) in [6.07, 6.45) is 2.58. The van der Waals surface area contributed by atoms with Crippen molar-refractivity contribution >= 4 is 9.84 Å². The van der Waals surface area contributed by atoms with E-state index in [-0.39, 0.29) is 29.6 Å². The van der Waals surface area contributed by atoms with Gasteiger partial charge in [-0.25, -0.2) is 18.2 Å². The van der Waals surface area contributed by atoms with Gasteiger partial charge in [0.1, 0.15) is 11.8 Å². The van der Waals surface area contributed by atoms with Crippen LogP contribution in [0.1, 0.15) is 40.0 Å². The van der Waals surface area contributed by atoms with Crippen molar-refractivity contribution in [1.82, 2.24) is 4.90 Å². The summed E-state index contributed by atoms with van der Waals surface area (Å²) in [5.74, 6) is 1.82. The van der Waals surface area contributed by atoms with E-state index < -0.39 is 27.3 Å². The molecule has 1 aliphatic carbocycles. The molecule has 0 unspecified atom stereocenters. The minimum Gasteiger partial charge on any atom is -0.346 e. The molecule has 8 heteroatoms. The fourth-order valence-electron chi connectivity index (χ4n) is 6.27. The van der Waals surface area contributed by atoms with Crippen LogP contribution in [0, 0.1) is 23.7 Å². The predicted molar refractivity (Wildman–Crippen MR) is 97.3 cm³/mol. The largest absolute Gasteiger partial charge is 0.346 e. The van der Waals surface area contributed by atoms with E-state index in [1.807, 2.05) is 0 Å². The lowest BCUT2D eigenvalue weighted by Gasteiger charge is -2.61.